The summed E-state index contributed by atoms with van der Waals surface area (Å²) < 4.78 is 5.06. The van der Waals surface area contributed by atoms with Gasteiger partial charge in [-0.2, -0.15) is 0 Å². The van der Waals surface area contributed by atoms with Gasteiger partial charge < -0.3 is 20.4 Å². The second kappa shape index (κ2) is 5.38. The molecule has 2 rings (SSSR count). The van der Waals surface area contributed by atoms with E-state index < -0.39 is 0 Å². The predicted molar refractivity (Wildman–Crippen MR) is 60.1 cm³/mol. The fraction of sp³-hybridized carbons (Fsp3) is 0.455. The van der Waals surface area contributed by atoms with Crippen LogP contribution < -0.4 is 16.0 Å². The first-order chi connectivity index (χ1) is 8.24. The van der Waals surface area contributed by atoms with Crippen molar-refractivity contribution < 1.29 is 14.0 Å². The largest absolute Gasteiger partial charge is 0.467 e. The summed E-state index contributed by atoms with van der Waals surface area (Å²) in [5.41, 5.74) is 0. The standard InChI is InChI=1S/C11H15N3O3/c15-10(12-6-9-2-1-5-17-9)7-13-11(16)14-8-3-4-8/h1-2,5,8H,3-4,6-7H2,(H,12,15)(H2,13,14,16). The SMILES string of the molecule is O=C(CNC(=O)NC1CC1)NCc1ccco1. The van der Waals surface area contributed by atoms with Gasteiger partial charge in [0.2, 0.25) is 5.91 Å². The molecule has 0 atom stereocenters. The second-order valence-electron chi connectivity index (χ2n) is 3.96. The van der Waals surface area contributed by atoms with Gasteiger partial charge in [-0.1, -0.05) is 0 Å². The van der Waals surface area contributed by atoms with Crippen molar-refractivity contribution in [2.45, 2.75) is 25.4 Å². The summed E-state index contributed by atoms with van der Waals surface area (Å²) in [7, 11) is 0. The van der Waals surface area contributed by atoms with Crippen molar-refractivity contribution >= 4 is 11.9 Å². The average Bonchev–Trinajstić information content (AvgIpc) is 2.96. The number of hydrogen-bond acceptors (Lipinski definition) is 3. The van der Waals surface area contributed by atoms with Crippen molar-refractivity contribution in [2.24, 2.45) is 0 Å². The molecular weight excluding hydrogens is 222 g/mol. The highest BCUT2D eigenvalue weighted by atomic mass is 16.3. The summed E-state index contributed by atoms with van der Waals surface area (Å²) in [6.07, 6.45) is 3.60. The third-order valence-corrected chi connectivity index (χ3v) is 2.36. The summed E-state index contributed by atoms with van der Waals surface area (Å²) >= 11 is 0. The van der Waals surface area contributed by atoms with E-state index in [1.54, 1.807) is 18.4 Å². The number of rotatable bonds is 5. The third kappa shape index (κ3) is 4.18. The first-order valence-corrected chi connectivity index (χ1v) is 5.57. The fourth-order valence-electron chi connectivity index (χ4n) is 1.29. The molecule has 1 aromatic rings. The zero-order valence-electron chi connectivity index (χ0n) is 9.36. The lowest BCUT2D eigenvalue weighted by Gasteiger charge is -2.06. The van der Waals surface area contributed by atoms with Crippen molar-refractivity contribution in [3.63, 3.8) is 0 Å². The summed E-state index contributed by atoms with van der Waals surface area (Å²) in [6, 6.07) is 3.53. The zero-order chi connectivity index (χ0) is 12.1. The van der Waals surface area contributed by atoms with E-state index in [1.165, 1.54) is 0 Å². The van der Waals surface area contributed by atoms with E-state index in [9.17, 15) is 9.59 Å². The summed E-state index contributed by atoms with van der Waals surface area (Å²) in [5, 5.41) is 7.86. The Labute approximate surface area is 98.7 Å². The van der Waals surface area contributed by atoms with Crippen molar-refractivity contribution in [3.05, 3.63) is 24.2 Å². The number of carbonyl (C=O) groups excluding carboxylic acids is 2. The first kappa shape index (κ1) is 11.5. The Morgan fingerprint density at radius 1 is 1.35 bits per heavy atom. The summed E-state index contributed by atoms with van der Waals surface area (Å²) in [6.45, 7) is 0.303. The van der Waals surface area contributed by atoms with Crippen LogP contribution in [0, 0.1) is 0 Å². The van der Waals surface area contributed by atoms with Crippen LogP contribution in [0.2, 0.25) is 0 Å². The minimum Gasteiger partial charge on any atom is -0.467 e. The van der Waals surface area contributed by atoms with Gasteiger partial charge >= 0.3 is 6.03 Å². The first-order valence-electron chi connectivity index (χ1n) is 5.57. The van der Waals surface area contributed by atoms with E-state index in [2.05, 4.69) is 16.0 Å². The molecule has 17 heavy (non-hydrogen) atoms. The highest BCUT2D eigenvalue weighted by Crippen LogP contribution is 2.18. The molecule has 1 aromatic heterocycles. The maximum atomic E-state index is 11.3. The molecule has 6 nitrogen and oxygen atoms in total. The molecule has 3 N–H and O–H groups in total. The van der Waals surface area contributed by atoms with E-state index in [0.29, 0.717) is 18.3 Å². The molecule has 0 unspecified atom stereocenters. The van der Waals surface area contributed by atoms with Gasteiger partial charge in [0, 0.05) is 6.04 Å². The number of nitrogens with one attached hydrogen (secondary N) is 3. The lowest BCUT2D eigenvalue weighted by Crippen LogP contribution is -2.42. The maximum absolute atomic E-state index is 11.3. The zero-order valence-corrected chi connectivity index (χ0v) is 9.36. The van der Waals surface area contributed by atoms with Crippen LogP contribution in [0.4, 0.5) is 4.79 Å². The molecule has 0 spiro atoms. The Morgan fingerprint density at radius 3 is 2.82 bits per heavy atom. The van der Waals surface area contributed by atoms with Crippen LogP contribution in [-0.4, -0.2) is 24.5 Å². The van der Waals surface area contributed by atoms with Gasteiger partial charge in [0.05, 0.1) is 19.4 Å². The van der Waals surface area contributed by atoms with Crippen LogP contribution in [0.3, 0.4) is 0 Å². The molecule has 1 fully saturated rings. The van der Waals surface area contributed by atoms with E-state index in [4.69, 9.17) is 4.42 Å². The Kier molecular flexibility index (Phi) is 3.64. The van der Waals surface area contributed by atoms with Gasteiger partial charge in [-0.15, -0.1) is 0 Å². The number of carbonyl (C=O) groups is 2. The molecule has 3 amide bonds. The maximum Gasteiger partial charge on any atom is 0.315 e. The Balaban J connectivity index is 1.58. The molecule has 0 aromatic carbocycles. The smallest absolute Gasteiger partial charge is 0.315 e. The molecule has 0 radical (unpaired) electrons. The van der Waals surface area contributed by atoms with E-state index in [-0.39, 0.29) is 18.5 Å². The summed E-state index contributed by atoms with van der Waals surface area (Å²) in [5.74, 6) is 0.438. The lowest BCUT2D eigenvalue weighted by molar-refractivity contribution is -0.120. The average molecular weight is 237 g/mol. The normalized spacial score (nSPS) is 14.1. The van der Waals surface area contributed by atoms with Gasteiger partial charge in [-0.3, -0.25) is 4.79 Å². The number of amides is 3. The van der Waals surface area contributed by atoms with Crippen molar-refractivity contribution in [1.29, 1.82) is 0 Å². The molecule has 92 valence electrons. The molecule has 6 heteroatoms. The van der Waals surface area contributed by atoms with Gasteiger partial charge in [-0.25, -0.2) is 4.79 Å². The predicted octanol–water partition coefficient (Wildman–Crippen LogP) is 0.357. The van der Waals surface area contributed by atoms with Crippen LogP contribution >= 0.6 is 0 Å². The highest BCUT2D eigenvalue weighted by molar-refractivity contribution is 5.84. The van der Waals surface area contributed by atoms with Crippen LogP contribution in [0.1, 0.15) is 18.6 Å². The van der Waals surface area contributed by atoms with Crippen LogP contribution in [-0.2, 0) is 11.3 Å². The lowest BCUT2D eigenvalue weighted by atomic mass is 10.4. The second-order valence-corrected chi connectivity index (χ2v) is 3.96. The molecular formula is C11H15N3O3. The molecule has 1 saturated carbocycles. The van der Waals surface area contributed by atoms with Gasteiger partial charge in [0.1, 0.15) is 5.76 Å². The molecule has 0 saturated heterocycles. The fourth-order valence-corrected chi connectivity index (χ4v) is 1.29. The van der Waals surface area contributed by atoms with E-state index in [1.807, 2.05) is 0 Å². The van der Waals surface area contributed by atoms with Crippen molar-refractivity contribution in [2.75, 3.05) is 6.54 Å². The molecule has 1 aliphatic carbocycles. The minimum atomic E-state index is -0.291. The van der Waals surface area contributed by atoms with Gasteiger partial charge in [0.25, 0.3) is 0 Å². The Bertz CT molecular complexity index is 385. The van der Waals surface area contributed by atoms with Gasteiger partial charge in [0.15, 0.2) is 0 Å². The Hall–Kier alpha value is -1.98. The monoisotopic (exact) mass is 237 g/mol. The topological polar surface area (TPSA) is 83.4 Å². The Morgan fingerprint density at radius 2 is 2.18 bits per heavy atom. The molecule has 0 bridgehead atoms. The third-order valence-electron chi connectivity index (χ3n) is 2.36. The van der Waals surface area contributed by atoms with E-state index in [0.717, 1.165) is 12.8 Å². The van der Waals surface area contributed by atoms with Crippen molar-refractivity contribution in [1.82, 2.24) is 16.0 Å². The highest BCUT2D eigenvalue weighted by Gasteiger charge is 2.23. The van der Waals surface area contributed by atoms with Gasteiger partial charge in [-0.05, 0) is 25.0 Å². The van der Waals surface area contributed by atoms with Crippen LogP contribution in [0.15, 0.2) is 22.8 Å². The minimum absolute atomic E-state index is 0.0285. The number of hydrogen-bond donors (Lipinski definition) is 3. The van der Waals surface area contributed by atoms with Crippen LogP contribution in [0.25, 0.3) is 0 Å². The molecule has 1 aliphatic rings. The van der Waals surface area contributed by atoms with E-state index >= 15 is 0 Å². The van der Waals surface area contributed by atoms with Crippen LogP contribution in [0.5, 0.6) is 0 Å². The quantitative estimate of drug-likeness (QED) is 0.691. The molecule has 1 heterocycles. The summed E-state index contributed by atoms with van der Waals surface area (Å²) in [4.78, 5) is 22.6. The van der Waals surface area contributed by atoms with Crippen molar-refractivity contribution in [3.8, 4) is 0 Å². The number of furan rings is 1. The molecule has 0 aliphatic heterocycles. The number of urea groups is 1.